The van der Waals surface area contributed by atoms with Crippen molar-refractivity contribution in [3.8, 4) is 0 Å². The second-order valence-corrected chi connectivity index (χ2v) is 2.61. The zero-order chi connectivity index (χ0) is 8.48. The van der Waals surface area contributed by atoms with Crippen molar-refractivity contribution in [2.75, 3.05) is 6.54 Å². The number of rotatable bonds is 0. The van der Waals surface area contributed by atoms with E-state index in [1.807, 2.05) is 0 Å². The van der Waals surface area contributed by atoms with Crippen molar-refractivity contribution in [3.05, 3.63) is 0 Å². The summed E-state index contributed by atoms with van der Waals surface area (Å²) in [7, 11) is 0. The van der Waals surface area contributed by atoms with Crippen LogP contribution in [0.5, 0.6) is 0 Å². The van der Waals surface area contributed by atoms with E-state index < -0.39 is 12.1 Å². The van der Waals surface area contributed by atoms with Gasteiger partial charge in [0, 0.05) is 6.42 Å². The van der Waals surface area contributed by atoms with Crippen LogP contribution >= 0.6 is 0 Å². The van der Waals surface area contributed by atoms with E-state index in [-0.39, 0.29) is 19.4 Å². The van der Waals surface area contributed by atoms with E-state index in [1.165, 1.54) is 0 Å². The Bertz CT molecular complexity index is 173. The van der Waals surface area contributed by atoms with E-state index in [0.29, 0.717) is 5.84 Å². The fourth-order valence-electron chi connectivity index (χ4n) is 0.987. The van der Waals surface area contributed by atoms with Crippen molar-refractivity contribution in [1.82, 2.24) is 0 Å². The predicted octanol–water partition coefficient (Wildman–Crippen LogP) is 1.32. The van der Waals surface area contributed by atoms with E-state index in [2.05, 4.69) is 4.99 Å². The minimum atomic E-state index is -4.11. The predicted molar refractivity (Wildman–Crippen MR) is 35.3 cm³/mol. The Labute approximate surface area is 62.3 Å². The highest BCUT2D eigenvalue weighted by Crippen LogP contribution is 2.31. The Morgan fingerprint density at radius 2 is 2.09 bits per heavy atom. The molecular weight excluding hydrogens is 157 g/mol. The molecular formula is C6H9F3N2. The monoisotopic (exact) mass is 166 g/mol. The maximum Gasteiger partial charge on any atom is 0.393 e. The molecule has 0 aliphatic carbocycles. The summed E-state index contributed by atoms with van der Waals surface area (Å²) in [6, 6.07) is 0. The van der Waals surface area contributed by atoms with Gasteiger partial charge in [-0.2, -0.15) is 13.2 Å². The van der Waals surface area contributed by atoms with Gasteiger partial charge in [0.1, 0.15) is 0 Å². The molecule has 1 aliphatic heterocycles. The molecule has 2 N–H and O–H groups in total. The first-order valence-corrected chi connectivity index (χ1v) is 3.35. The molecule has 1 atom stereocenters. The summed E-state index contributed by atoms with van der Waals surface area (Å²) >= 11 is 0. The lowest BCUT2D eigenvalue weighted by Crippen LogP contribution is -2.31. The number of aliphatic imine (C=N–C) groups is 1. The smallest absolute Gasteiger partial charge is 0.387 e. The van der Waals surface area contributed by atoms with E-state index in [9.17, 15) is 13.2 Å². The quantitative estimate of drug-likeness (QED) is 0.579. The maximum absolute atomic E-state index is 12.0. The molecule has 0 aromatic rings. The Morgan fingerprint density at radius 3 is 2.45 bits per heavy atom. The zero-order valence-corrected chi connectivity index (χ0v) is 5.86. The Balaban J connectivity index is 2.54. The van der Waals surface area contributed by atoms with E-state index in [1.54, 1.807) is 0 Å². The molecule has 0 spiro atoms. The molecule has 0 aromatic carbocycles. The number of hydrogen-bond donors (Lipinski definition) is 1. The van der Waals surface area contributed by atoms with Gasteiger partial charge < -0.3 is 5.73 Å². The number of alkyl halides is 3. The largest absolute Gasteiger partial charge is 0.393 e. The standard InChI is InChI=1S/C6H9F3N2/c7-6(8,9)4-1-2-5(10)11-3-4/h4H,1-3H2,(H2,10,11)/t4-/m1/s1. The van der Waals surface area contributed by atoms with Gasteiger partial charge in [-0.3, -0.25) is 4.99 Å². The molecule has 5 heteroatoms. The van der Waals surface area contributed by atoms with Crippen LogP contribution in [0.15, 0.2) is 4.99 Å². The van der Waals surface area contributed by atoms with Gasteiger partial charge in [-0.15, -0.1) is 0 Å². The van der Waals surface area contributed by atoms with Crippen LogP contribution < -0.4 is 5.73 Å². The number of halogens is 3. The average Bonchev–Trinajstić information content (AvgIpc) is 1.86. The van der Waals surface area contributed by atoms with Crippen molar-refractivity contribution in [1.29, 1.82) is 0 Å². The molecule has 64 valence electrons. The van der Waals surface area contributed by atoms with Gasteiger partial charge in [-0.25, -0.2) is 0 Å². The average molecular weight is 166 g/mol. The summed E-state index contributed by atoms with van der Waals surface area (Å²) in [4.78, 5) is 3.55. The van der Waals surface area contributed by atoms with Crippen LogP contribution in [0.4, 0.5) is 13.2 Å². The highest BCUT2D eigenvalue weighted by atomic mass is 19.4. The first-order chi connectivity index (χ1) is 5.00. The van der Waals surface area contributed by atoms with Gasteiger partial charge in [0.2, 0.25) is 0 Å². The maximum atomic E-state index is 12.0. The van der Waals surface area contributed by atoms with E-state index in [4.69, 9.17) is 5.73 Å². The lowest BCUT2D eigenvalue weighted by molar-refractivity contribution is -0.173. The number of nitrogens with two attached hydrogens (primary N) is 1. The molecule has 0 aromatic heterocycles. The molecule has 0 radical (unpaired) electrons. The topological polar surface area (TPSA) is 38.4 Å². The second kappa shape index (κ2) is 2.71. The highest BCUT2D eigenvalue weighted by Gasteiger charge is 2.40. The molecule has 1 aliphatic rings. The van der Waals surface area contributed by atoms with Gasteiger partial charge in [-0.1, -0.05) is 0 Å². The van der Waals surface area contributed by atoms with E-state index in [0.717, 1.165) is 0 Å². The normalized spacial score (nSPS) is 26.5. The molecule has 1 rings (SSSR count). The Hall–Kier alpha value is -0.740. The van der Waals surface area contributed by atoms with Crippen LogP contribution in [0.3, 0.4) is 0 Å². The van der Waals surface area contributed by atoms with Crippen molar-refractivity contribution in [3.63, 3.8) is 0 Å². The summed E-state index contributed by atoms with van der Waals surface area (Å²) in [6.45, 7) is -0.199. The SMILES string of the molecule is NC1=NC[C@H](C(F)(F)F)CC1. The van der Waals surface area contributed by atoms with Crippen LogP contribution in [-0.4, -0.2) is 18.6 Å². The lowest BCUT2D eigenvalue weighted by Gasteiger charge is -2.21. The van der Waals surface area contributed by atoms with Crippen molar-refractivity contribution < 1.29 is 13.2 Å². The molecule has 0 saturated carbocycles. The Kier molecular flexibility index (Phi) is 2.06. The van der Waals surface area contributed by atoms with Gasteiger partial charge in [0.05, 0.1) is 18.3 Å². The van der Waals surface area contributed by atoms with Crippen LogP contribution in [0.25, 0.3) is 0 Å². The lowest BCUT2D eigenvalue weighted by atomic mass is 10.00. The number of hydrogen-bond acceptors (Lipinski definition) is 2. The van der Waals surface area contributed by atoms with E-state index >= 15 is 0 Å². The van der Waals surface area contributed by atoms with Crippen molar-refractivity contribution in [2.45, 2.75) is 19.0 Å². The first kappa shape index (κ1) is 8.36. The minimum Gasteiger partial charge on any atom is -0.387 e. The zero-order valence-electron chi connectivity index (χ0n) is 5.86. The third kappa shape index (κ3) is 2.10. The minimum absolute atomic E-state index is 0.0822. The van der Waals surface area contributed by atoms with Crippen LogP contribution in [0.2, 0.25) is 0 Å². The highest BCUT2D eigenvalue weighted by molar-refractivity contribution is 5.80. The van der Waals surface area contributed by atoms with Gasteiger partial charge in [0.15, 0.2) is 0 Å². The fraction of sp³-hybridized carbons (Fsp3) is 0.833. The molecule has 2 nitrogen and oxygen atoms in total. The summed E-state index contributed by atoms with van der Waals surface area (Å²) in [5.74, 6) is -0.944. The fourth-order valence-corrected chi connectivity index (χ4v) is 0.987. The van der Waals surface area contributed by atoms with Crippen LogP contribution in [-0.2, 0) is 0 Å². The summed E-state index contributed by atoms with van der Waals surface area (Å²) < 4.78 is 35.9. The van der Waals surface area contributed by atoms with Gasteiger partial charge in [0.25, 0.3) is 0 Å². The molecule has 11 heavy (non-hydrogen) atoms. The molecule has 0 bridgehead atoms. The van der Waals surface area contributed by atoms with Gasteiger partial charge in [-0.05, 0) is 6.42 Å². The first-order valence-electron chi connectivity index (χ1n) is 3.35. The third-order valence-electron chi connectivity index (χ3n) is 1.73. The molecule has 0 unspecified atom stereocenters. The molecule has 1 heterocycles. The van der Waals surface area contributed by atoms with Gasteiger partial charge >= 0.3 is 6.18 Å². The van der Waals surface area contributed by atoms with Crippen molar-refractivity contribution in [2.24, 2.45) is 16.6 Å². The number of nitrogens with zero attached hydrogens (tertiary/aromatic N) is 1. The van der Waals surface area contributed by atoms with Crippen LogP contribution in [0, 0.1) is 5.92 Å². The summed E-state index contributed by atoms with van der Waals surface area (Å²) in [6.07, 6.45) is -3.76. The summed E-state index contributed by atoms with van der Waals surface area (Å²) in [5, 5.41) is 0. The Morgan fingerprint density at radius 1 is 1.45 bits per heavy atom. The molecule has 0 amide bonds. The molecule has 0 fully saturated rings. The second-order valence-electron chi connectivity index (χ2n) is 2.61. The number of amidine groups is 1. The van der Waals surface area contributed by atoms with Crippen molar-refractivity contribution >= 4 is 5.84 Å². The molecule has 0 saturated heterocycles. The summed E-state index contributed by atoms with van der Waals surface area (Å²) in [5.41, 5.74) is 5.22. The van der Waals surface area contributed by atoms with Crippen LogP contribution in [0.1, 0.15) is 12.8 Å². The third-order valence-corrected chi connectivity index (χ3v) is 1.73.